The van der Waals surface area contributed by atoms with Crippen LogP contribution in [0.15, 0.2) is 42.5 Å². The van der Waals surface area contributed by atoms with Crippen molar-refractivity contribution < 1.29 is 4.79 Å². The van der Waals surface area contributed by atoms with Gasteiger partial charge in [-0.15, -0.1) is 0 Å². The zero-order valence-corrected chi connectivity index (χ0v) is 13.2. The molecule has 0 saturated carbocycles. The van der Waals surface area contributed by atoms with Gasteiger partial charge in [-0.05, 0) is 30.9 Å². The summed E-state index contributed by atoms with van der Waals surface area (Å²) in [5.41, 5.74) is 3.93. The molecule has 22 heavy (non-hydrogen) atoms. The van der Waals surface area contributed by atoms with Crippen molar-refractivity contribution in [2.75, 3.05) is 0 Å². The highest BCUT2D eigenvalue weighted by Gasteiger charge is 2.26. The van der Waals surface area contributed by atoms with Gasteiger partial charge in [-0.3, -0.25) is 9.78 Å². The number of carbonyl (C=O) groups is 1. The molecular formula is C20H23NO. The maximum atomic E-state index is 12.3. The highest BCUT2D eigenvalue weighted by molar-refractivity contribution is 5.98. The van der Waals surface area contributed by atoms with Gasteiger partial charge in [0, 0.05) is 17.5 Å². The summed E-state index contributed by atoms with van der Waals surface area (Å²) >= 11 is 0. The monoisotopic (exact) mass is 293 g/mol. The van der Waals surface area contributed by atoms with E-state index < -0.39 is 0 Å². The fourth-order valence-corrected chi connectivity index (χ4v) is 3.29. The zero-order chi connectivity index (χ0) is 15.4. The number of hydrogen-bond donors (Lipinski definition) is 0. The van der Waals surface area contributed by atoms with Crippen LogP contribution < -0.4 is 0 Å². The van der Waals surface area contributed by atoms with E-state index in [-0.39, 0.29) is 5.78 Å². The second-order valence-corrected chi connectivity index (χ2v) is 6.25. The first-order valence-electron chi connectivity index (χ1n) is 8.36. The SMILES string of the molecule is CCCCCC1CC(=O)c2ccc(-c3ccccc3)nc2C1. The molecule has 0 spiro atoms. The minimum absolute atomic E-state index is 0.273. The molecule has 0 saturated heterocycles. The Morgan fingerprint density at radius 3 is 2.64 bits per heavy atom. The second-order valence-electron chi connectivity index (χ2n) is 6.25. The van der Waals surface area contributed by atoms with E-state index in [9.17, 15) is 4.79 Å². The average molecular weight is 293 g/mol. The molecule has 1 aromatic heterocycles. The Bertz CT molecular complexity index is 648. The van der Waals surface area contributed by atoms with Crippen molar-refractivity contribution in [2.24, 2.45) is 5.92 Å². The van der Waals surface area contributed by atoms with Crippen molar-refractivity contribution >= 4 is 5.78 Å². The Kier molecular flexibility index (Phi) is 4.67. The van der Waals surface area contributed by atoms with Crippen LogP contribution in [0.25, 0.3) is 11.3 Å². The number of benzene rings is 1. The van der Waals surface area contributed by atoms with E-state index in [0.29, 0.717) is 12.3 Å². The van der Waals surface area contributed by atoms with Crippen molar-refractivity contribution in [3.8, 4) is 11.3 Å². The molecule has 2 heteroatoms. The minimum atomic E-state index is 0.273. The van der Waals surface area contributed by atoms with E-state index in [0.717, 1.165) is 35.4 Å². The van der Waals surface area contributed by atoms with Crippen LogP contribution in [-0.2, 0) is 6.42 Å². The molecular weight excluding hydrogens is 270 g/mol. The van der Waals surface area contributed by atoms with Gasteiger partial charge in [0.1, 0.15) is 0 Å². The highest BCUT2D eigenvalue weighted by Crippen LogP contribution is 2.30. The molecule has 0 N–H and O–H groups in total. The quantitative estimate of drug-likeness (QED) is 0.720. The van der Waals surface area contributed by atoms with Gasteiger partial charge in [-0.2, -0.15) is 0 Å². The lowest BCUT2D eigenvalue weighted by Gasteiger charge is -2.23. The van der Waals surface area contributed by atoms with E-state index in [1.807, 2.05) is 30.3 Å². The molecule has 2 nitrogen and oxygen atoms in total. The van der Waals surface area contributed by atoms with E-state index >= 15 is 0 Å². The maximum Gasteiger partial charge on any atom is 0.164 e. The van der Waals surface area contributed by atoms with E-state index in [4.69, 9.17) is 4.98 Å². The predicted octanol–water partition coefficient (Wildman–Crippen LogP) is 5.07. The van der Waals surface area contributed by atoms with Crippen molar-refractivity contribution in [3.63, 3.8) is 0 Å². The summed E-state index contributed by atoms with van der Waals surface area (Å²) in [4.78, 5) is 17.1. The van der Waals surface area contributed by atoms with Gasteiger partial charge in [0.15, 0.2) is 5.78 Å². The molecule has 1 unspecified atom stereocenters. The van der Waals surface area contributed by atoms with Crippen LogP contribution in [0.2, 0.25) is 0 Å². The van der Waals surface area contributed by atoms with Crippen molar-refractivity contribution in [1.82, 2.24) is 4.98 Å². The molecule has 0 bridgehead atoms. The summed E-state index contributed by atoms with van der Waals surface area (Å²) in [7, 11) is 0. The topological polar surface area (TPSA) is 30.0 Å². The normalized spacial score (nSPS) is 17.3. The molecule has 3 rings (SSSR count). The number of hydrogen-bond acceptors (Lipinski definition) is 2. The molecule has 1 atom stereocenters. The van der Waals surface area contributed by atoms with Crippen LogP contribution in [0.4, 0.5) is 0 Å². The molecule has 2 aromatic rings. The third-order valence-corrected chi connectivity index (χ3v) is 4.52. The smallest absolute Gasteiger partial charge is 0.164 e. The van der Waals surface area contributed by atoms with Gasteiger partial charge in [0.2, 0.25) is 0 Å². The molecule has 1 heterocycles. The number of ketones is 1. The third kappa shape index (κ3) is 3.27. The Balaban J connectivity index is 1.82. The first-order valence-corrected chi connectivity index (χ1v) is 8.36. The Hall–Kier alpha value is -1.96. The second kappa shape index (κ2) is 6.87. The first kappa shape index (κ1) is 15.0. The zero-order valence-electron chi connectivity index (χ0n) is 13.2. The largest absolute Gasteiger partial charge is 0.294 e. The number of aromatic nitrogens is 1. The molecule has 114 valence electrons. The lowest BCUT2D eigenvalue weighted by molar-refractivity contribution is 0.0944. The first-order chi connectivity index (χ1) is 10.8. The summed E-state index contributed by atoms with van der Waals surface area (Å²) in [5, 5.41) is 0. The van der Waals surface area contributed by atoms with E-state index in [1.54, 1.807) is 0 Å². The lowest BCUT2D eigenvalue weighted by atomic mass is 9.82. The van der Waals surface area contributed by atoms with Crippen LogP contribution in [0, 0.1) is 5.92 Å². The van der Waals surface area contributed by atoms with Gasteiger partial charge in [-0.1, -0.05) is 56.5 Å². The van der Waals surface area contributed by atoms with Gasteiger partial charge in [0.25, 0.3) is 0 Å². The maximum absolute atomic E-state index is 12.3. The molecule has 1 aromatic carbocycles. The van der Waals surface area contributed by atoms with Crippen molar-refractivity contribution in [3.05, 3.63) is 53.7 Å². The summed E-state index contributed by atoms with van der Waals surface area (Å²) in [6.45, 7) is 2.22. The predicted molar refractivity (Wildman–Crippen MR) is 90.0 cm³/mol. The van der Waals surface area contributed by atoms with Gasteiger partial charge in [0.05, 0.1) is 11.4 Å². The molecule has 0 aliphatic heterocycles. The minimum Gasteiger partial charge on any atom is -0.294 e. The van der Waals surface area contributed by atoms with Crippen LogP contribution >= 0.6 is 0 Å². The molecule has 0 radical (unpaired) electrons. The highest BCUT2D eigenvalue weighted by atomic mass is 16.1. The van der Waals surface area contributed by atoms with Crippen molar-refractivity contribution in [1.29, 1.82) is 0 Å². The van der Waals surface area contributed by atoms with Crippen molar-refractivity contribution in [2.45, 2.75) is 45.4 Å². The summed E-state index contributed by atoms with van der Waals surface area (Å²) in [6.07, 6.45) is 6.51. The van der Waals surface area contributed by atoms with Crippen LogP contribution in [0.1, 0.15) is 55.1 Å². The summed E-state index contributed by atoms with van der Waals surface area (Å²) < 4.78 is 0. The number of nitrogens with zero attached hydrogens (tertiary/aromatic N) is 1. The third-order valence-electron chi connectivity index (χ3n) is 4.52. The number of pyridine rings is 1. The molecule has 1 aliphatic carbocycles. The number of Topliss-reactive ketones (excluding diaryl/α,β-unsaturated/α-hetero) is 1. The van der Waals surface area contributed by atoms with Crippen LogP contribution in [-0.4, -0.2) is 10.8 Å². The average Bonchev–Trinajstić information content (AvgIpc) is 2.55. The Morgan fingerprint density at radius 1 is 1.05 bits per heavy atom. The molecule has 0 amide bonds. The fraction of sp³-hybridized carbons (Fsp3) is 0.400. The van der Waals surface area contributed by atoms with Crippen LogP contribution in [0.3, 0.4) is 0 Å². The van der Waals surface area contributed by atoms with E-state index in [1.165, 1.54) is 19.3 Å². The molecule has 0 fully saturated rings. The number of fused-ring (bicyclic) bond motifs is 1. The standard InChI is InChI=1S/C20H23NO/c1-2-3-5-8-15-13-19-17(20(22)14-15)11-12-18(21-19)16-9-6-4-7-10-16/h4,6-7,9-12,15H,2-3,5,8,13-14H2,1H3. The molecule has 1 aliphatic rings. The van der Waals surface area contributed by atoms with Gasteiger partial charge >= 0.3 is 0 Å². The summed E-state index contributed by atoms with van der Waals surface area (Å²) in [5.74, 6) is 0.750. The van der Waals surface area contributed by atoms with Gasteiger partial charge < -0.3 is 0 Å². The Labute approximate surface area is 132 Å². The number of unbranched alkanes of at least 4 members (excludes halogenated alkanes) is 2. The summed E-state index contributed by atoms with van der Waals surface area (Å²) in [6, 6.07) is 14.1. The number of rotatable bonds is 5. The fourth-order valence-electron chi connectivity index (χ4n) is 3.29. The Morgan fingerprint density at radius 2 is 1.86 bits per heavy atom. The van der Waals surface area contributed by atoms with Gasteiger partial charge in [-0.25, -0.2) is 0 Å². The number of carbonyl (C=O) groups excluding carboxylic acids is 1. The van der Waals surface area contributed by atoms with E-state index in [2.05, 4.69) is 19.1 Å². The lowest BCUT2D eigenvalue weighted by Crippen LogP contribution is -2.21. The van der Waals surface area contributed by atoms with Crippen LogP contribution in [0.5, 0.6) is 0 Å².